The lowest BCUT2D eigenvalue weighted by molar-refractivity contribution is -0.384. The van der Waals surface area contributed by atoms with E-state index in [2.05, 4.69) is 0 Å². The molecule has 29 heavy (non-hydrogen) atoms. The van der Waals surface area contributed by atoms with Crippen LogP contribution in [-0.2, 0) is 9.84 Å². The Labute approximate surface area is 166 Å². The number of sulfone groups is 1. The molecule has 148 valence electrons. The predicted molar refractivity (Wildman–Crippen MR) is 103 cm³/mol. The Hall–Kier alpha value is -3.72. The molecule has 0 radical (unpaired) electrons. The van der Waals surface area contributed by atoms with E-state index in [1.807, 2.05) is 0 Å². The van der Waals surface area contributed by atoms with Gasteiger partial charge in [-0.15, -0.1) is 0 Å². The molecule has 0 atom stereocenters. The van der Waals surface area contributed by atoms with Crippen LogP contribution in [0.1, 0.15) is 10.4 Å². The van der Waals surface area contributed by atoms with Crippen molar-refractivity contribution in [3.63, 3.8) is 0 Å². The predicted octanol–water partition coefficient (Wildman–Crippen LogP) is 3.66. The first-order valence-electron chi connectivity index (χ1n) is 8.28. The summed E-state index contributed by atoms with van der Waals surface area (Å²) >= 11 is 0. The number of esters is 1. The molecule has 3 aromatic carbocycles. The van der Waals surface area contributed by atoms with Crippen molar-refractivity contribution >= 4 is 21.5 Å². The highest BCUT2D eigenvalue weighted by Gasteiger charge is 2.26. The fourth-order valence-electron chi connectivity index (χ4n) is 2.60. The number of para-hydroxylation sites is 2. The summed E-state index contributed by atoms with van der Waals surface area (Å²) in [6.07, 6.45) is 0. The maximum absolute atomic E-state index is 13.0. The summed E-state index contributed by atoms with van der Waals surface area (Å²) < 4.78 is 36.5. The fourth-order valence-corrected chi connectivity index (χ4v) is 4.05. The lowest BCUT2D eigenvalue weighted by atomic mass is 10.2. The van der Waals surface area contributed by atoms with Crippen LogP contribution in [0.3, 0.4) is 0 Å². The van der Waals surface area contributed by atoms with E-state index in [1.165, 1.54) is 37.4 Å². The van der Waals surface area contributed by atoms with Gasteiger partial charge in [-0.25, -0.2) is 13.2 Å². The van der Waals surface area contributed by atoms with Crippen molar-refractivity contribution in [2.45, 2.75) is 9.79 Å². The average Bonchev–Trinajstić information content (AvgIpc) is 2.74. The third-order valence-electron chi connectivity index (χ3n) is 4.03. The summed E-state index contributed by atoms with van der Waals surface area (Å²) in [7, 11) is -2.70. The first kappa shape index (κ1) is 20.0. The van der Waals surface area contributed by atoms with Crippen molar-refractivity contribution in [3.05, 3.63) is 88.5 Å². The van der Waals surface area contributed by atoms with Gasteiger partial charge in [-0.1, -0.05) is 24.3 Å². The number of nitro groups is 1. The minimum atomic E-state index is -4.12. The Balaban J connectivity index is 1.99. The lowest BCUT2D eigenvalue weighted by Crippen LogP contribution is -2.15. The van der Waals surface area contributed by atoms with E-state index in [0.717, 1.165) is 24.3 Å². The van der Waals surface area contributed by atoms with E-state index in [0.29, 0.717) is 5.75 Å². The molecule has 0 spiro atoms. The molecule has 0 unspecified atom stereocenters. The maximum Gasteiger partial charge on any atom is 0.345 e. The second kappa shape index (κ2) is 8.11. The molecule has 0 heterocycles. The molecule has 0 aliphatic carbocycles. The van der Waals surface area contributed by atoms with Crippen LogP contribution in [0.2, 0.25) is 0 Å². The number of hydrogen-bond acceptors (Lipinski definition) is 7. The van der Waals surface area contributed by atoms with Crippen molar-refractivity contribution in [1.29, 1.82) is 0 Å². The van der Waals surface area contributed by atoms with Crippen LogP contribution < -0.4 is 9.47 Å². The molecule has 0 amide bonds. The Kier molecular flexibility index (Phi) is 5.60. The Morgan fingerprint density at radius 3 is 2.10 bits per heavy atom. The molecule has 0 fully saturated rings. The van der Waals surface area contributed by atoms with Crippen LogP contribution in [0.25, 0.3) is 0 Å². The zero-order valence-electron chi connectivity index (χ0n) is 15.1. The molecule has 8 nitrogen and oxygen atoms in total. The minimum absolute atomic E-state index is 0.141. The number of carbonyl (C=O) groups is 1. The quantitative estimate of drug-likeness (QED) is 0.262. The first-order chi connectivity index (χ1) is 13.8. The van der Waals surface area contributed by atoms with Crippen molar-refractivity contribution in [2.24, 2.45) is 0 Å². The number of benzene rings is 3. The van der Waals surface area contributed by atoms with Gasteiger partial charge in [0, 0.05) is 12.1 Å². The second-order valence-corrected chi connectivity index (χ2v) is 7.71. The van der Waals surface area contributed by atoms with Crippen molar-refractivity contribution < 1.29 is 27.6 Å². The number of methoxy groups -OCH3 is 1. The fraction of sp³-hybridized carbons (Fsp3) is 0.0500. The highest BCUT2D eigenvalue weighted by atomic mass is 32.2. The highest BCUT2D eigenvalue weighted by molar-refractivity contribution is 7.91. The van der Waals surface area contributed by atoms with E-state index < -0.39 is 20.7 Å². The summed E-state index contributed by atoms with van der Waals surface area (Å²) in [5.41, 5.74) is -0.412. The first-order valence-corrected chi connectivity index (χ1v) is 9.76. The van der Waals surface area contributed by atoms with Gasteiger partial charge in [0.15, 0.2) is 11.5 Å². The van der Waals surface area contributed by atoms with Gasteiger partial charge in [0.1, 0.15) is 0 Å². The van der Waals surface area contributed by atoms with Gasteiger partial charge in [0.2, 0.25) is 9.84 Å². The summed E-state index contributed by atoms with van der Waals surface area (Å²) in [5.74, 6) is -0.422. The number of hydrogen-bond donors (Lipinski definition) is 0. The number of ether oxygens (including phenoxy) is 2. The number of nitro benzene ring substituents is 1. The molecule has 3 aromatic rings. The van der Waals surface area contributed by atoms with Crippen LogP contribution in [0.5, 0.6) is 11.5 Å². The van der Waals surface area contributed by atoms with Crippen LogP contribution in [0.4, 0.5) is 5.69 Å². The third-order valence-corrected chi connectivity index (χ3v) is 5.85. The molecule has 0 aliphatic rings. The molecule has 0 saturated carbocycles. The van der Waals surface area contributed by atoms with Crippen molar-refractivity contribution in [1.82, 2.24) is 0 Å². The van der Waals surface area contributed by atoms with Gasteiger partial charge in [-0.2, -0.15) is 0 Å². The lowest BCUT2D eigenvalue weighted by Gasteiger charge is -2.12. The van der Waals surface area contributed by atoms with Crippen LogP contribution in [-0.4, -0.2) is 26.4 Å². The van der Waals surface area contributed by atoms with E-state index in [-0.39, 0.29) is 26.8 Å². The maximum atomic E-state index is 13.0. The van der Waals surface area contributed by atoms with Gasteiger partial charge >= 0.3 is 5.97 Å². The van der Waals surface area contributed by atoms with E-state index in [1.54, 1.807) is 18.2 Å². The monoisotopic (exact) mass is 413 g/mol. The van der Waals surface area contributed by atoms with Gasteiger partial charge in [-0.3, -0.25) is 10.1 Å². The Bertz CT molecular complexity index is 1170. The largest absolute Gasteiger partial charge is 0.493 e. The summed E-state index contributed by atoms with van der Waals surface area (Å²) in [6, 6.07) is 16.5. The van der Waals surface area contributed by atoms with Crippen molar-refractivity contribution in [3.8, 4) is 11.5 Å². The summed E-state index contributed by atoms with van der Waals surface area (Å²) in [6.45, 7) is 0. The Morgan fingerprint density at radius 1 is 0.897 bits per heavy atom. The second-order valence-electron chi connectivity index (χ2n) is 5.79. The summed E-state index contributed by atoms with van der Waals surface area (Å²) in [4.78, 5) is 22.4. The van der Waals surface area contributed by atoms with Crippen LogP contribution in [0, 0.1) is 10.1 Å². The standard InChI is InChI=1S/C20H15NO7S/c1-27-17-7-3-4-8-18(17)28-20(22)16-6-2-5-9-19(16)29(25,26)15-12-10-14(11-13-15)21(23)24/h2-13H,1H3. The van der Waals surface area contributed by atoms with E-state index >= 15 is 0 Å². The molecule has 0 aromatic heterocycles. The smallest absolute Gasteiger partial charge is 0.345 e. The van der Waals surface area contributed by atoms with Crippen molar-refractivity contribution in [2.75, 3.05) is 7.11 Å². The van der Waals surface area contributed by atoms with Gasteiger partial charge < -0.3 is 9.47 Å². The molecule has 9 heteroatoms. The average molecular weight is 413 g/mol. The SMILES string of the molecule is COc1ccccc1OC(=O)c1ccccc1S(=O)(=O)c1ccc([N+](=O)[O-])cc1. The van der Waals surface area contributed by atoms with Crippen LogP contribution in [0.15, 0.2) is 82.6 Å². The number of rotatable bonds is 6. The molecule has 0 aliphatic heterocycles. The summed E-state index contributed by atoms with van der Waals surface area (Å²) in [5, 5.41) is 10.8. The van der Waals surface area contributed by atoms with E-state index in [4.69, 9.17) is 9.47 Å². The minimum Gasteiger partial charge on any atom is -0.493 e. The molecule has 0 saturated heterocycles. The Morgan fingerprint density at radius 2 is 1.48 bits per heavy atom. The molecular formula is C20H15NO7S. The molecular weight excluding hydrogens is 398 g/mol. The number of carbonyl (C=O) groups excluding carboxylic acids is 1. The zero-order valence-corrected chi connectivity index (χ0v) is 16.0. The van der Waals surface area contributed by atoms with Gasteiger partial charge in [0.25, 0.3) is 5.69 Å². The number of non-ortho nitro benzene ring substituents is 1. The topological polar surface area (TPSA) is 113 Å². The molecule has 0 N–H and O–H groups in total. The van der Waals surface area contributed by atoms with Gasteiger partial charge in [-0.05, 0) is 36.4 Å². The van der Waals surface area contributed by atoms with E-state index in [9.17, 15) is 23.3 Å². The zero-order chi connectivity index (χ0) is 21.0. The highest BCUT2D eigenvalue weighted by Crippen LogP contribution is 2.29. The molecule has 3 rings (SSSR count). The normalized spacial score (nSPS) is 10.9. The molecule has 0 bridgehead atoms. The third kappa shape index (κ3) is 4.09. The van der Waals surface area contributed by atoms with Crippen LogP contribution >= 0.6 is 0 Å². The number of nitrogens with zero attached hydrogens (tertiary/aromatic N) is 1. The van der Waals surface area contributed by atoms with Gasteiger partial charge in [0.05, 0.1) is 27.4 Å².